The van der Waals surface area contributed by atoms with E-state index in [4.69, 9.17) is 12.2 Å². The van der Waals surface area contributed by atoms with E-state index in [1.807, 2.05) is 0 Å². The zero-order valence-corrected chi connectivity index (χ0v) is 15.0. The Kier molecular flexibility index (Phi) is 6.49. The Bertz CT molecular complexity index is 464. The van der Waals surface area contributed by atoms with Crippen molar-refractivity contribution in [2.24, 2.45) is 0 Å². The lowest BCUT2D eigenvalue weighted by atomic mass is 9.96. The third kappa shape index (κ3) is 4.87. The first-order valence-electron chi connectivity index (χ1n) is 8.42. The van der Waals surface area contributed by atoms with Crippen LogP contribution in [-0.4, -0.2) is 36.7 Å². The molecule has 0 amide bonds. The predicted octanol–water partition coefficient (Wildman–Crippen LogP) is 3.78. The molecule has 0 aromatic heterocycles. The average Bonchev–Trinajstić information content (AvgIpc) is 2.53. The van der Waals surface area contributed by atoms with E-state index >= 15 is 0 Å². The summed E-state index contributed by atoms with van der Waals surface area (Å²) >= 11 is 5.63. The van der Waals surface area contributed by atoms with Crippen molar-refractivity contribution >= 4 is 23.0 Å². The van der Waals surface area contributed by atoms with Gasteiger partial charge in [-0.2, -0.15) is 0 Å². The van der Waals surface area contributed by atoms with Crippen LogP contribution in [0.3, 0.4) is 0 Å². The first kappa shape index (κ1) is 17.1. The van der Waals surface area contributed by atoms with Crippen LogP contribution in [0.15, 0.2) is 24.3 Å². The lowest BCUT2D eigenvalue weighted by molar-refractivity contribution is 0.376. The lowest BCUT2D eigenvalue weighted by Crippen LogP contribution is -2.44. The first-order valence-corrected chi connectivity index (χ1v) is 8.82. The summed E-state index contributed by atoms with van der Waals surface area (Å²) in [5.41, 5.74) is 2.54. The maximum absolute atomic E-state index is 5.63. The Balaban J connectivity index is 1.91. The molecule has 1 saturated carbocycles. The largest absolute Gasteiger partial charge is 0.378 e. The number of hydrogen-bond acceptors (Lipinski definition) is 2. The number of thiocarbonyl (C=S) groups is 1. The molecule has 0 bridgehead atoms. The average molecular weight is 320 g/mol. The molecule has 0 unspecified atom stereocenters. The molecule has 1 aromatic carbocycles. The Morgan fingerprint density at radius 2 is 1.77 bits per heavy atom. The quantitative estimate of drug-likeness (QED) is 0.832. The summed E-state index contributed by atoms with van der Waals surface area (Å²) in [5, 5.41) is 4.48. The molecule has 3 nitrogen and oxygen atoms in total. The van der Waals surface area contributed by atoms with E-state index < -0.39 is 0 Å². The van der Waals surface area contributed by atoms with Crippen LogP contribution in [-0.2, 0) is 6.54 Å². The van der Waals surface area contributed by atoms with Gasteiger partial charge in [0.05, 0.1) is 0 Å². The molecule has 0 spiro atoms. The third-order valence-electron chi connectivity index (χ3n) is 4.43. The van der Waals surface area contributed by atoms with Gasteiger partial charge in [0.1, 0.15) is 0 Å². The minimum atomic E-state index is 0.575. The predicted molar refractivity (Wildman–Crippen MR) is 99.5 cm³/mol. The number of benzene rings is 1. The van der Waals surface area contributed by atoms with Gasteiger partial charge in [0.15, 0.2) is 5.11 Å². The van der Waals surface area contributed by atoms with Gasteiger partial charge in [-0.15, -0.1) is 0 Å². The molecule has 1 fully saturated rings. The molecule has 22 heavy (non-hydrogen) atoms. The van der Waals surface area contributed by atoms with Crippen molar-refractivity contribution in [3.8, 4) is 0 Å². The van der Waals surface area contributed by atoms with Crippen molar-refractivity contribution in [3.05, 3.63) is 29.8 Å². The summed E-state index contributed by atoms with van der Waals surface area (Å²) in [6.07, 6.45) is 6.56. The standard InChI is InChI=1S/C18H29N3S/c1-4-21(18(22)19-16-8-6-5-7-9-16)14-15-10-12-17(13-11-15)20(2)3/h10-13,16H,4-9,14H2,1-3H3,(H,19,22). The van der Waals surface area contributed by atoms with Gasteiger partial charge in [0.25, 0.3) is 0 Å². The Morgan fingerprint density at radius 1 is 1.14 bits per heavy atom. The fourth-order valence-electron chi connectivity index (χ4n) is 2.96. The van der Waals surface area contributed by atoms with Crippen LogP contribution in [0.2, 0.25) is 0 Å². The second kappa shape index (κ2) is 8.37. The summed E-state index contributed by atoms with van der Waals surface area (Å²) in [6, 6.07) is 9.30. The van der Waals surface area contributed by atoms with Gasteiger partial charge >= 0.3 is 0 Å². The second-order valence-electron chi connectivity index (χ2n) is 6.36. The number of rotatable bonds is 5. The normalized spacial score (nSPS) is 15.4. The molecule has 0 radical (unpaired) electrons. The second-order valence-corrected chi connectivity index (χ2v) is 6.75. The topological polar surface area (TPSA) is 18.5 Å². The van der Waals surface area contributed by atoms with E-state index in [2.05, 4.69) is 60.4 Å². The highest BCUT2D eigenvalue weighted by Crippen LogP contribution is 2.18. The van der Waals surface area contributed by atoms with Crippen LogP contribution in [0.4, 0.5) is 5.69 Å². The van der Waals surface area contributed by atoms with Crippen molar-refractivity contribution in [2.75, 3.05) is 25.5 Å². The van der Waals surface area contributed by atoms with E-state index in [0.717, 1.165) is 18.2 Å². The first-order chi connectivity index (χ1) is 10.6. The summed E-state index contributed by atoms with van der Waals surface area (Å²) in [6.45, 7) is 3.99. The highest BCUT2D eigenvalue weighted by Gasteiger charge is 2.16. The van der Waals surface area contributed by atoms with Gasteiger partial charge in [-0.3, -0.25) is 0 Å². The minimum Gasteiger partial charge on any atom is -0.378 e. The highest BCUT2D eigenvalue weighted by molar-refractivity contribution is 7.80. The Hall–Kier alpha value is -1.29. The van der Waals surface area contributed by atoms with Crippen LogP contribution in [0.25, 0.3) is 0 Å². The van der Waals surface area contributed by atoms with Gasteiger partial charge in [0, 0.05) is 38.9 Å². The van der Waals surface area contributed by atoms with Gasteiger partial charge in [-0.25, -0.2) is 0 Å². The zero-order valence-electron chi connectivity index (χ0n) is 14.1. The molecule has 1 aliphatic carbocycles. The Morgan fingerprint density at radius 3 is 2.32 bits per heavy atom. The minimum absolute atomic E-state index is 0.575. The molecule has 0 heterocycles. The highest BCUT2D eigenvalue weighted by atomic mass is 32.1. The van der Waals surface area contributed by atoms with Crippen LogP contribution in [0.1, 0.15) is 44.6 Å². The zero-order chi connectivity index (χ0) is 15.9. The van der Waals surface area contributed by atoms with Crippen LogP contribution >= 0.6 is 12.2 Å². The maximum Gasteiger partial charge on any atom is 0.169 e. The molecule has 1 aromatic rings. The van der Waals surface area contributed by atoms with E-state index in [-0.39, 0.29) is 0 Å². The molecular weight excluding hydrogens is 290 g/mol. The van der Waals surface area contributed by atoms with Gasteiger partial charge in [-0.1, -0.05) is 31.4 Å². The molecule has 0 atom stereocenters. The number of hydrogen-bond donors (Lipinski definition) is 1. The molecular formula is C18H29N3S. The lowest BCUT2D eigenvalue weighted by Gasteiger charge is -2.30. The van der Waals surface area contributed by atoms with Crippen molar-refractivity contribution in [1.82, 2.24) is 10.2 Å². The van der Waals surface area contributed by atoms with E-state index in [9.17, 15) is 0 Å². The summed E-state index contributed by atoms with van der Waals surface area (Å²) < 4.78 is 0. The molecule has 1 aliphatic rings. The molecule has 122 valence electrons. The van der Waals surface area contributed by atoms with Crippen LogP contribution in [0.5, 0.6) is 0 Å². The Labute approximate surface area is 140 Å². The molecule has 0 saturated heterocycles. The molecule has 2 rings (SSSR count). The van der Waals surface area contributed by atoms with Gasteiger partial charge < -0.3 is 15.1 Å². The number of nitrogens with zero attached hydrogens (tertiary/aromatic N) is 2. The van der Waals surface area contributed by atoms with E-state index in [1.54, 1.807) is 0 Å². The molecule has 0 aliphatic heterocycles. The van der Waals surface area contributed by atoms with Gasteiger partial charge in [-0.05, 0) is 49.7 Å². The smallest absolute Gasteiger partial charge is 0.169 e. The van der Waals surface area contributed by atoms with Crippen molar-refractivity contribution in [3.63, 3.8) is 0 Å². The van der Waals surface area contributed by atoms with E-state index in [0.29, 0.717) is 6.04 Å². The summed E-state index contributed by atoms with van der Waals surface area (Å²) in [4.78, 5) is 4.38. The maximum atomic E-state index is 5.63. The molecule has 4 heteroatoms. The fraction of sp³-hybridized carbons (Fsp3) is 0.611. The monoisotopic (exact) mass is 319 g/mol. The van der Waals surface area contributed by atoms with Crippen molar-refractivity contribution in [2.45, 2.75) is 51.6 Å². The van der Waals surface area contributed by atoms with E-state index in [1.165, 1.54) is 43.4 Å². The summed E-state index contributed by atoms with van der Waals surface area (Å²) in [5.74, 6) is 0. The van der Waals surface area contributed by atoms with Crippen molar-refractivity contribution in [1.29, 1.82) is 0 Å². The summed E-state index contributed by atoms with van der Waals surface area (Å²) in [7, 11) is 4.13. The van der Waals surface area contributed by atoms with Crippen LogP contribution < -0.4 is 10.2 Å². The van der Waals surface area contributed by atoms with Gasteiger partial charge in [0.2, 0.25) is 0 Å². The third-order valence-corrected chi connectivity index (χ3v) is 4.80. The van der Waals surface area contributed by atoms with Crippen molar-refractivity contribution < 1.29 is 0 Å². The fourth-order valence-corrected chi connectivity index (χ4v) is 3.32. The molecule has 1 N–H and O–H groups in total. The van der Waals surface area contributed by atoms with Crippen LogP contribution in [0, 0.1) is 0 Å². The number of anilines is 1. The number of nitrogens with one attached hydrogen (secondary N) is 1. The SMILES string of the molecule is CCN(Cc1ccc(N(C)C)cc1)C(=S)NC1CCCCC1.